The first kappa shape index (κ1) is 17.9. The number of alkyl halides is 3. The fourth-order valence-corrected chi connectivity index (χ4v) is 4.73. The summed E-state index contributed by atoms with van der Waals surface area (Å²) in [6.45, 7) is 0. The van der Waals surface area contributed by atoms with E-state index in [4.69, 9.17) is 0 Å². The van der Waals surface area contributed by atoms with E-state index in [0.717, 1.165) is 11.6 Å². The molecule has 1 N–H and O–H groups in total. The maximum atomic E-state index is 13.9. The Balaban J connectivity index is 1.66. The summed E-state index contributed by atoms with van der Waals surface area (Å²) in [6, 6.07) is 19.8. The topological polar surface area (TPSA) is 49.0 Å². The average molecular weight is 417 g/mol. The van der Waals surface area contributed by atoms with Gasteiger partial charge in [-0.1, -0.05) is 60.7 Å². The molecule has 31 heavy (non-hydrogen) atoms. The fourth-order valence-electron chi connectivity index (χ4n) is 4.73. The molecule has 7 heteroatoms. The first-order chi connectivity index (χ1) is 15.0. The van der Waals surface area contributed by atoms with Gasteiger partial charge in [0.1, 0.15) is 5.69 Å². The zero-order valence-electron chi connectivity index (χ0n) is 15.9. The van der Waals surface area contributed by atoms with Crippen LogP contribution in [0.2, 0.25) is 0 Å². The number of nitrogens with zero attached hydrogens (tertiary/aromatic N) is 2. The number of H-pyrrole nitrogens is 1. The molecule has 2 aliphatic heterocycles. The molecular weight excluding hydrogens is 403 g/mol. The van der Waals surface area contributed by atoms with Crippen LogP contribution in [0.4, 0.5) is 18.9 Å². The normalized spacial score (nSPS) is 16.5. The first-order valence-electron chi connectivity index (χ1n) is 9.73. The van der Waals surface area contributed by atoms with E-state index in [0.29, 0.717) is 28.1 Å². The number of fused-ring (bicyclic) bond motifs is 8. The molecular formula is C24H14F3N3O. The number of nitrogens with one attached hydrogen (secondary N) is 1. The van der Waals surface area contributed by atoms with Crippen LogP contribution in [0.25, 0.3) is 22.4 Å². The van der Waals surface area contributed by atoms with Gasteiger partial charge < -0.3 is 0 Å². The molecule has 152 valence electrons. The van der Waals surface area contributed by atoms with Gasteiger partial charge in [-0.25, -0.2) is 0 Å². The molecule has 1 aromatic heterocycles. The molecule has 4 nitrogen and oxygen atoms in total. The Labute approximate surface area is 175 Å². The summed E-state index contributed by atoms with van der Waals surface area (Å²) in [5, 5.41) is 7.22. The van der Waals surface area contributed by atoms with Gasteiger partial charge in [-0.2, -0.15) is 18.3 Å². The quantitative estimate of drug-likeness (QED) is 0.424. The molecule has 4 aromatic rings. The number of hydrogen-bond donors (Lipinski definition) is 1. The second-order valence-corrected chi connectivity index (χ2v) is 7.59. The van der Waals surface area contributed by atoms with Crippen molar-refractivity contribution in [1.29, 1.82) is 0 Å². The van der Waals surface area contributed by atoms with Gasteiger partial charge in [0.05, 0.1) is 23.0 Å². The SMILES string of the molecule is O=C1c2[nH]nc(-c3ccccc3)c2C2c3ccccc3-c3c(cccc3C(F)(F)F)N12. The number of rotatable bonds is 1. The van der Waals surface area contributed by atoms with E-state index in [1.165, 1.54) is 11.0 Å². The molecule has 1 unspecified atom stereocenters. The summed E-state index contributed by atoms with van der Waals surface area (Å²) < 4.78 is 41.6. The molecule has 1 amide bonds. The Kier molecular flexibility index (Phi) is 3.51. The molecule has 0 aliphatic carbocycles. The Morgan fingerprint density at radius 3 is 2.42 bits per heavy atom. The van der Waals surface area contributed by atoms with E-state index in [-0.39, 0.29) is 17.2 Å². The molecule has 0 fully saturated rings. The monoisotopic (exact) mass is 417 g/mol. The third-order valence-corrected chi connectivity index (χ3v) is 5.95. The Hall–Kier alpha value is -3.87. The number of amides is 1. The minimum absolute atomic E-state index is 0.0366. The predicted octanol–water partition coefficient (Wildman–Crippen LogP) is 5.83. The third-order valence-electron chi connectivity index (χ3n) is 5.95. The number of hydrogen-bond acceptors (Lipinski definition) is 2. The van der Waals surface area contributed by atoms with Gasteiger partial charge in [-0.05, 0) is 23.3 Å². The smallest absolute Gasteiger partial charge is 0.295 e. The van der Waals surface area contributed by atoms with E-state index in [1.807, 2.05) is 30.3 Å². The number of halogens is 3. The number of carbonyl (C=O) groups is 1. The molecule has 0 bridgehead atoms. The number of benzene rings is 3. The van der Waals surface area contributed by atoms with Gasteiger partial charge in [0, 0.05) is 16.7 Å². The first-order valence-corrected chi connectivity index (χ1v) is 9.73. The highest BCUT2D eigenvalue weighted by Crippen LogP contribution is 2.55. The number of aromatic amines is 1. The number of aromatic nitrogens is 2. The highest BCUT2D eigenvalue weighted by Gasteiger charge is 2.48. The lowest BCUT2D eigenvalue weighted by atomic mass is 9.84. The summed E-state index contributed by atoms with van der Waals surface area (Å²) in [5.74, 6) is -0.384. The fraction of sp³-hybridized carbons (Fsp3) is 0.0833. The van der Waals surface area contributed by atoms with Crippen molar-refractivity contribution in [3.8, 4) is 22.4 Å². The lowest BCUT2D eigenvalue weighted by Gasteiger charge is -2.35. The Morgan fingerprint density at radius 2 is 1.65 bits per heavy atom. The van der Waals surface area contributed by atoms with Crippen LogP contribution >= 0.6 is 0 Å². The molecule has 3 aromatic carbocycles. The van der Waals surface area contributed by atoms with Crippen molar-refractivity contribution in [2.45, 2.75) is 12.2 Å². The molecule has 0 saturated carbocycles. The Morgan fingerprint density at radius 1 is 0.903 bits per heavy atom. The van der Waals surface area contributed by atoms with E-state index in [1.54, 1.807) is 30.3 Å². The van der Waals surface area contributed by atoms with E-state index < -0.39 is 17.8 Å². The third kappa shape index (κ3) is 2.37. The van der Waals surface area contributed by atoms with Crippen LogP contribution in [0.15, 0.2) is 72.8 Å². The predicted molar refractivity (Wildman–Crippen MR) is 110 cm³/mol. The molecule has 1 atom stereocenters. The highest BCUT2D eigenvalue weighted by atomic mass is 19.4. The lowest BCUT2D eigenvalue weighted by molar-refractivity contribution is -0.137. The van der Waals surface area contributed by atoms with Crippen molar-refractivity contribution in [1.82, 2.24) is 10.2 Å². The largest absolute Gasteiger partial charge is 0.417 e. The maximum absolute atomic E-state index is 13.9. The zero-order valence-corrected chi connectivity index (χ0v) is 15.9. The van der Waals surface area contributed by atoms with Crippen LogP contribution in [0.3, 0.4) is 0 Å². The molecule has 0 spiro atoms. The molecule has 6 rings (SSSR count). The molecule has 0 radical (unpaired) electrons. The van der Waals surface area contributed by atoms with Crippen LogP contribution < -0.4 is 4.90 Å². The van der Waals surface area contributed by atoms with E-state index >= 15 is 0 Å². The summed E-state index contributed by atoms with van der Waals surface area (Å²) in [7, 11) is 0. The average Bonchev–Trinajstić information content (AvgIpc) is 3.33. The van der Waals surface area contributed by atoms with Crippen molar-refractivity contribution >= 4 is 11.6 Å². The van der Waals surface area contributed by atoms with Crippen LogP contribution in [-0.4, -0.2) is 16.1 Å². The molecule has 2 aliphatic rings. The van der Waals surface area contributed by atoms with Gasteiger partial charge in [0.2, 0.25) is 0 Å². The van der Waals surface area contributed by atoms with Gasteiger partial charge in [-0.3, -0.25) is 14.8 Å². The lowest BCUT2D eigenvalue weighted by Crippen LogP contribution is -2.33. The van der Waals surface area contributed by atoms with Gasteiger partial charge in [-0.15, -0.1) is 0 Å². The van der Waals surface area contributed by atoms with Crippen molar-refractivity contribution in [2.75, 3.05) is 4.90 Å². The minimum atomic E-state index is -4.54. The van der Waals surface area contributed by atoms with Crippen molar-refractivity contribution in [2.24, 2.45) is 0 Å². The highest BCUT2D eigenvalue weighted by molar-refractivity contribution is 6.15. The summed E-state index contributed by atoms with van der Waals surface area (Å²) in [6.07, 6.45) is -4.54. The summed E-state index contributed by atoms with van der Waals surface area (Å²) in [5.41, 5.74) is 3.13. The van der Waals surface area contributed by atoms with Crippen LogP contribution in [0.5, 0.6) is 0 Å². The number of anilines is 1. The van der Waals surface area contributed by atoms with Crippen molar-refractivity contribution in [3.05, 3.63) is 95.2 Å². The minimum Gasteiger partial charge on any atom is -0.295 e. The standard InChI is InChI=1S/C24H14F3N3O/c25-24(26,27)16-11-6-12-17-18(16)14-9-4-5-10-15(14)22-19-20(13-7-2-1-3-8-13)28-29-21(19)23(31)30(17)22/h1-12,22H,(H,28,29). The molecule has 0 saturated heterocycles. The van der Waals surface area contributed by atoms with Crippen LogP contribution in [0.1, 0.15) is 33.2 Å². The second-order valence-electron chi connectivity index (χ2n) is 7.59. The zero-order chi connectivity index (χ0) is 21.3. The van der Waals surface area contributed by atoms with Gasteiger partial charge >= 0.3 is 6.18 Å². The second kappa shape index (κ2) is 6.07. The van der Waals surface area contributed by atoms with Gasteiger partial charge in [0.15, 0.2) is 0 Å². The van der Waals surface area contributed by atoms with Crippen LogP contribution in [0, 0.1) is 0 Å². The molecule has 3 heterocycles. The maximum Gasteiger partial charge on any atom is 0.417 e. The summed E-state index contributed by atoms with van der Waals surface area (Å²) >= 11 is 0. The van der Waals surface area contributed by atoms with E-state index in [2.05, 4.69) is 10.2 Å². The van der Waals surface area contributed by atoms with E-state index in [9.17, 15) is 18.0 Å². The van der Waals surface area contributed by atoms with Crippen molar-refractivity contribution in [3.63, 3.8) is 0 Å². The van der Waals surface area contributed by atoms with Crippen LogP contribution in [-0.2, 0) is 6.18 Å². The van der Waals surface area contributed by atoms with Gasteiger partial charge in [0.25, 0.3) is 5.91 Å². The Bertz CT molecular complexity index is 1360. The van der Waals surface area contributed by atoms with Crippen molar-refractivity contribution < 1.29 is 18.0 Å². The number of carbonyl (C=O) groups excluding carboxylic acids is 1. The summed E-state index contributed by atoms with van der Waals surface area (Å²) in [4.78, 5) is 14.8.